The van der Waals surface area contributed by atoms with E-state index in [9.17, 15) is 22.8 Å². The minimum Gasteiger partial charge on any atom is -0.326 e. The maximum absolute atomic E-state index is 12.6. The summed E-state index contributed by atoms with van der Waals surface area (Å²) in [5, 5.41) is 5.22. The zero-order chi connectivity index (χ0) is 18.6. The zero-order valence-corrected chi connectivity index (χ0v) is 14.0. The van der Waals surface area contributed by atoms with Crippen molar-refractivity contribution < 1.29 is 22.8 Å². The van der Waals surface area contributed by atoms with Crippen molar-refractivity contribution in [2.45, 2.75) is 12.6 Å². The molecule has 0 aromatic heterocycles. The second-order valence-corrected chi connectivity index (χ2v) is 5.79. The van der Waals surface area contributed by atoms with E-state index in [1.54, 1.807) is 0 Å². The van der Waals surface area contributed by atoms with Crippen molar-refractivity contribution in [3.8, 4) is 0 Å². The standard InChI is InChI=1S/C16H11Cl2F3N2O2/c17-12-5-4-11(7-13(12)18)23-15(25)8-14(24)22-10-3-1-2-9(6-10)16(19,20)21/h1-7H,8H2,(H,22,24)(H,23,25). The fourth-order valence-electron chi connectivity index (χ4n) is 1.90. The van der Waals surface area contributed by atoms with Crippen LogP contribution in [0.4, 0.5) is 24.5 Å². The molecule has 2 aromatic rings. The van der Waals surface area contributed by atoms with Crippen molar-refractivity contribution in [2.24, 2.45) is 0 Å². The van der Waals surface area contributed by atoms with E-state index in [0.29, 0.717) is 10.7 Å². The van der Waals surface area contributed by atoms with Gasteiger partial charge < -0.3 is 10.6 Å². The number of nitrogens with one attached hydrogen (secondary N) is 2. The van der Waals surface area contributed by atoms with Crippen molar-refractivity contribution in [1.29, 1.82) is 0 Å². The molecule has 0 aliphatic rings. The van der Waals surface area contributed by atoms with Gasteiger partial charge >= 0.3 is 6.18 Å². The number of benzene rings is 2. The summed E-state index contributed by atoms with van der Waals surface area (Å²) < 4.78 is 37.9. The summed E-state index contributed by atoms with van der Waals surface area (Å²) in [7, 11) is 0. The summed E-state index contributed by atoms with van der Waals surface area (Å²) in [6.45, 7) is 0. The molecule has 0 heterocycles. The van der Waals surface area contributed by atoms with Crippen LogP contribution in [0.5, 0.6) is 0 Å². The van der Waals surface area contributed by atoms with Gasteiger partial charge in [-0.25, -0.2) is 0 Å². The molecule has 2 N–H and O–H groups in total. The lowest BCUT2D eigenvalue weighted by Gasteiger charge is -2.10. The quantitative estimate of drug-likeness (QED) is 0.723. The van der Waals surface area contributed by atoms with E-state index in [1.807, 2.05) is 0 Å². The van der Waals surface area contributed by atoms with Gasteiger partial charge in [0, 0.05) is 11.4 Å². The molecule has 25 heavy (non-hydrogen) atoms. The van der Waals surface area contributed by atoms with Gasteiger partial charge in [0.1, 0.15) is 6.42 Å². The average molecular weight is 391 g/mol. The van der Waals surface area contributed by atoms with Crippen molar-refractivity contribution >= 4 is 46.4 Å². The summed E-state index contributed by atoms with van der Waals surface area (Å²) in [6.07, 6.45) is -5.09. The summed E-state index contributed by atoms with van der Waals surface area (Å²) in [4.78, 5) is 23.6. The first-order valence-electron chi connectivity index (χ1n) is 6.87. The lowest BCUT2D eigenvalue weighted by atomic mass is 10.2. The topological polar surface area (TPSA) is 58.2 Å². The molecule has 0 aliphatic carbocycles. The Morgan fingerprint density at radius 2 is 1.48 bits per heavy atom. The lowest BCUT2D eigenvalue weighted by molar-refractivity contribution is -0.137. The molecule has 132 valence electrons. The lowest BCUT2D eigenvalue weighted by Crippen LogP contribution is -2.21. The first-order chi connectivity index (χ1) is 11.6. The van der Waals surface area contributed by atoms with Crippen LogP contribution < -0.4 is 10.6 Å². The third kappa shape index (κ3) is 5.65. The van der Waals surface area contributed by atoms with E-state index in [2.05, 4.69) is 10.6 Å². The van der Waals surface area contributed by atoms with Crippen molar-refractivity contribution in [3.05, 3.63) is 58.1 Å². The van der Waals surface area contributed by atoms with Crippen LogP contribution >= 0.6 is 23.2 Å². The Hall–Kier alpha value is -2.25. The third-order valence-electron chi connectivity index (χ3n) is 3.00. The van der Waals surface area contributed by atoms with Crippen LogP contribution in [0, 0.1) is 0 Å². The minimum absolute atomic E-state index is 0.0536. The molecule has 9 heteroatoms. The molecule has 2 rings (SSSR count). The normalized spacial score (nSPS) is 11.1. The first kappa shape index (κ1) is 19.1. The molecule has 0 bridgehead atoms. The Kier molecular flexibility index (Phi) is 5.92. The number of halogens is 5. The molecular weight excluding hydrogens is 380 g/mol. The van der Waals surface area contributed by atoms with Gasteiger partial charge in [0.05, 0.1) is 15.6 Å². The third-order valence-corrected chi connectivity index (χ3v) is 3.74. The van der Waals surface area contributed by atoms with E-state index in [-0.39, 0.29) is 10.7 Å². The Bertz CT molecular complexity index is 810. The van der Waals surface area contributed by atoms with Crippen LogP contribution in [-0.4, -0.2) is 11.8 Å². The summed E-state index contributed by atoms with van der Waals surface area (Å²) >= 11 is 11.6. The van der Waals surface area contributed by atoms with Gasteiger partial charge in [-0.3, -0.25) is 9.59 Å². The number of anilines is 2. The van der Waals surface area contributed by atoms with Crippen LogP contribution in [-0.2, 0) is 15.8 Å². The molecule has 4 nitrogen and oxygen atoms in total. The Morgan fingerprint density at radius 3 is 2.04 bits per heavy atom. The highest BCUT2D eigenvalue weighted by molar-refractivity contribution is 6.42. The molecule has 0 atom stereocenters. The van der Waals surface area contributed by atoms with Crippen LogP contribution in [0.25, 0.3) is 0 Å². The van der Waals surface area contributed by atoms with Gasteiger partial charge in [-0.1, -0.05) is 29.3 Å². The van der Waals surface area contributed by atoms with E-state index in [4.69, 9.17) is 23.2 Å². The van der Waals surface area contributed by atoms with Gasteiger partial charge in [-0.2, -0.15) is 13.2 Å². The van der Waals surface area contributed by atoms with Gasteiger partial charge in [-0.05, 0) is 36.4 Å². The van der Waals surface area contributed by atoms with E-state index >= 15 is 0 Å². The number of hydrogen-bond donors (Lipinski definition) is 2. The fraction of sp³-hybridized carbons (Fsp3) is 0.125. The fourth-order valence-corrected chi connectivity index (χ4v) is 2.20. The highest BCUT2D eigenvalue weighted by atomic mass is 35.5. The molecule has 0 unspecified atom stereocenters. The number of carbonyl (C=O) groups excluding carboxylic acids is 2. The van der Waals surface area contributed by atoms with Gasteiger partial charge in [0.2, 0.25) is 11.8 Å². The van der Waals surface area contributed by atoms with E-state index < -0.39 is 30.0 Å². The highest BCUT2D eigenvalue weighted by Crippen LogP contribution is 2.30. The molecule has 0 saturated carbocycles. The monoisotopic (exact) mass is 390 g/mol. The predicted molar refractivity (Wildman–Crippen MR) is 89.8 cm³/mol. The van der Waals surface area contributed by atoms with Crippen LogP contribution in [0.3, 0.4) is 0 Å². The smallest absolute Gasteiger partial charge is 0.326 e. The Balaban J connectivity index is 1.95. The average Bonchev–Trinajstić information content (AvgIpc) is 2.50. The Labute approximate surface area is 150 Å². The second-order valence-electron chi connectivity index (χ2n) is 4.98. The van der Waals surface area contributed by atoms with Gasteiger partial charge in [0.25, 0.3) is 0 Å². The summed E-state index contributed by atoms with van der Waals surface area (Å²) in [6, 6.07) is 8.51. The number of carbonyl (C=O) groups is 2. The molecular formula is C16H11Cl2F3N2O2. The number of rotatable bonds is 4. The van der Waals surface area contributed by atoms with Gasteiger partial charge in [0.15, 0.2) is 0 Å². The number of hydrogen-bond acceptors (Lipinski definition) is 2. The number of alkyl halides is 3. The summed E-state index contributed by atoms with van der Waals surface area (Å²) in [5.41, 5.74) is -0.612. The maximum atomic E-state index is 12.6. The van der Waals surface area contributed by atoms with Crippen LogP contribution in [0.15, 0.2) is 42.5 Å². The predicted octanol–water partition coefficient (Wildman–Crippen LogP) is 4.98. The van der Waals surface area contributed by atoms with Crippen molar-refractivity contribution in [3.63, 3.8) is 0 Å². The molecule has 0 aliphatic heterocycles. The molecule has 2 amide bonds. The largest absolute Gasteiger partial charge is 0.416 e. The first-order valence-corrected chi connectivity index (χ1v) is 7.63. The summed E-state index contributed by atoms with van der Waals surface area (Å²) in [5.74, 6) is -1.40. The van der Waals surface area contributed by atoms with Crippen molar-refractivity contribution in [2.75, 3.05) is 10.6 Å². The van der Waals surface area contributed by atoms with Crippen LogP contribution in [0.1, 0.15) is 12.0 Å². The van der Waals surface area contributed by atoms with Crippen molar-refractivity contribution in [1.82, 2.24) is 0 Å². The van der Waals surface area contributed by atoms with Crippen LogP contribution in [0.2, 0.25) is 10.0 Å². The Morgan fingerprint density at radius 1 is 0.880 bits per heavy atom. The number of amides is 2. The molecule has 0 spiro atoms. The van der Waals surface area contributed by atoms with E-state index in [1.165, 1.54) is 24.3 Å². The second kappa shape index (κ2) is 7.76. The molecule has 2 aromatic carbocycles. The molecule has 0 fully saturated rings. The van der Waals surface area contributed by atoms with E-state index in [0.717, 1.165) is 18.2 Å². The maximum Gasteiger partial charge on any atom is 0.416 e. The minimum atomic E-state index is -4.52. The van der Waals surface area contributed by atoms with Gasteiger partial charge in [-0.15, -0.1) is 0 Å². The highest BCUT2D eigenvalue weighted by Gasteiger charge is 2.30. The molecule has 0 radical (unpaired) electrons. The SMILES string of the molecule is O=C(CC(=O)Nc1ccc(Cl)c(Cl)c1)Nc1cccc(C(F)(F)F)c1. The zero-order valence-electron chi connectivity index (χ0n) is 12.5. The molecule has 0 saturated heterocycles.